The van der Waals surface area contributed by atoms with Crippen molar-refractivity contribution in [3.05, 3.63) is 6.92 Å². The van der Waals surface area contributed by atoms with E-state index in [-0.39, 0.29) is 0 Å². The Morgan fingerprint density at radius 3 is 0.575 bits per heavy atom. The lowest BCUT2D eigenvalue weighted by Crippen LogP contribution is -1.95. The summed E-state index contributed by atoms with van der Waals surface area (Å²) in [5.74, 6) is 0.716. The lowest BCUT2D eigenvalue weighted by Gasteiger charge is -2.11. The summed E-state index contributed by atoms with van der Waals surface area (Å²) in [6.07, 6.45) is 52.6. The number of unbranched alkanes of at least 4 members (excludes halogenated alkanes) is 32. The molecule has 0 rings (SSSR count). The molecule has 0 saturated heterocycles. The first kappa shape index (κ1) is 40.0. The van der Waals surface area contributed by atoms with Crippen LogP contribution in [0.15, 0.2) is 0 Å². The number of rotatable bonds is 36. The van der Waals surface area contributed by atoms with Gasteiger partial charge in [0, 0.05) is 0 Å². The zero-order chi connectivity index (χ0) is 29.0. The zero-order valence-corrected chi connectivity index (χ0v) is 28.7. The van der Waals surface area contributed by atoms with Crippen LogP contribution in [0, 0.1) is 12.8 Å². The Morgan fingerprint density at radius 1 is 0.250 bits per heavy atom. The molecule has 1 radical (unpaired) electrons. The Bertz CT molecular complexity index is 412. The molecule has 0 aromatic heterocycles. The predicted octanol–water partition coefficient (Wildman–Crippen LogP) is 15.5. The van der Waals surface area contributed by atoms with Crippen LogP contribution < -0.4 is 0 Å². The third-order valence-corrected chi connectivity index (χ3v) is 9.43. The molecule has 40 heavy (non-hydrogen) atoms. The summed E-state index contributed by atoms with van der Waals surface area (Å²) in [6, 6.07) is 0. The average Bonchev–Trinajstić information content (AvgIpc) is 2.96. The second-order valence-corrected chi connectivity index (χ2v) is 13.8. The fourth-order valence-corrected chi connectivity index (χ4v) is 6.46. The molecule has 0 aliphatic heterocycles. The van der Waals surface area contributed by atoms with Gasteiger partial charge >= 0.3 is 0 Å². The molecule has 0 amide bonds. The van der Waals surface area contributed by atoms with E-state index in [2.05, 4.69) is 20.8 Å². The van der Waals surface area contributed by atoms with Crippen LogP contribution in [0.5, 0.6) is 0 Å². The molecule has 1 atom stereocenters. The summed E-state index contributed by atoms with van der Waals surface area (Å²) >= 11 is 0. The highest BCUT2D eigenvalue weighted by Gasteiger charge is 2.03. The first-order valence-corrected chi connectivity index (χ1v) is 19.6. The maximum atomic E-state index is 4.45. The molecule has 0 N–H and O–H groups in total. The van der Waals surface area contributed by atoms with Gasteiger partial charge in [-0.3, -0.25) is 0 Å². The molecule has 0 fully saturated rings. The lowest BCUT2D eigenvalue weighted by atomic mass is 9.95. The zero-order valence-electron chi connectivity index (χ0n) is 28.7. The normalized spacial score (nSPS) is 12.4. The molecule has 0 bridgehead atoms. The largest absolute Gasteiger partial charge is 0.0654 e. The van der Waals surface area contributed by atoms with Crippen LogP contribution in [-0.2, 0) is 0 Å². The van der Waals surface area contributed by atoms with Gasteiger partial charge in [-0.2, -0.15) is 0 Å². The van der Waals surface area contributed by atoms with Gasteiger partial charge in [0.2, 0.25) is 0 Å². The maximum absolute atomic E-state index is 4.45. The molecule has 1 unspecified atom stereocenters. The third-order valence-electron chi connectivity index (χ3n) is 9.43. The van der Waals surface area contributed by atoms with Crippen LogP contribution in [0.3, 0.4) is 0 Å². The van der Waals surface area contributed by atoms with Gasteiger partial charge in [0.05, 0.1) is 0 Å². The van der Waals surface area contributed by atoms with Gasteiger partial charge in [-0.05, 0) is 5.92 Å². The molecule has 0 spiro atoms. The smallest absolute Gasteiger partial charge is 0.0414 e. The molecule has 0 aromatic carbocycles. The van der Waals surface area contributed by atoms with Gasteiger partial charge in [-0.15, -0.1) is 0 Å². The molecular formula is C40H81. The van der Waals surface area contributed by atoms with Crippen molar-refractivity contribution in [2.24, 2.45) is 5.92 Å². The van der Waals surface area contributed by atoms with E-state index < -0.39 is 0 Å². The highest BCUT2D eigenvalue weighted by Crippen LogP contribution is 2.19. The molecule has 0 aliphatic carbocycles. The molecule has 0 nitrogen and oxygen atoms in total. The SMILES string of the molecule is [CH2]C(CCCCCCCCCCCCCC)CCCCCCCCCCCCCCCCCCCCCCCC. The topological polar surface area (TPSA) is 0 Å². The highest BCUT2D eigenvalue weighted by atomic mass is 14.1. The number of hydrogen-bond acceptors (Lipinski definition) is 0. The summed E-state index contributed by atoms with van der Waals surface area (Å²) in [5.41, 5.74) is 0. The van der Waals surface area contributed by atoms with Crippen molar-refractivity contribution in [1.29, 1.82) is 0 Å². The van der Waals surface area contributed by atoms with Crippen molar-refractivity contribution in [3.63, 3.8) is 0 Å². The van der Waals surface area contributed by atoms with Gasteiger partial charge in [0.1, 0.15) is 0 Å². The summed E-state index contributed by atoms with van der Waals surface area (Å²) in [6.45, 7) is 9.07. The van der Waals surface area contributed by atoms with Gasteiger partial charge < -0.3 is 0 Å². The monoisotopic (exact) mass is 562 g/mol. The molecule has 241 valence electrons. The maximum Gasteiger partial charge on any atom is -0.0414 e. The van der Waals surface area contributed by atoms with Gasteiger partial charge in [0.25, 0.3) is 0 Å². The van der Waals surface area contributed by atoms with Crippen LogP contribution in [0.25, 0.3) is 0 Å². The van der Waals surface area contributed by atoms with Crippen molar-refractivity contribution in [2.45, 2.75) is 245 Å². The Hall–Kier alpha value is 0. The van der Waals surface area contributed by atoms with E-state index in [0.29, 0.717) is 5.92 Å². The van der Waals surface area contributed by atoms with E-state index in [1.165, 1.54) is 231 Å². The fraction of sp³-hybridized carbons (Fsp3) is 0.975. The minimum absolute atomic E-state index is 0.716. The molecular weight excluding hydrogens is 480 g/mol. The second-order valence-electron chi connectivity index (χ2n) is 13.8. The van der Waals surface area contributed by atoms with Crippen LogP contribution in [0.1, 0.15) is 245 Å². The highest BCUT2D eigenvalue weighted by molar-refractivity contribution is 4.62. The molecule has 0 heteroatoms. The van der Waals surface area contributed by atoms with Crippen molar-refractivity contribution in [2.75, 3.05) is 0 Å². The first-order valence-electron chi connectivity index (χ1n) is 19.6. The van der Waals surface area contributed by atoms with Crippen LogP contribution in [-0.4, -0.2) is 0 Å². The molecule has 0 saturated carbocycles. The lowest BCUT2D eigenvalue weighted by molar-refractivity contribution is 0.459. The Kier molecular flexibility index (Phi) is 37.0. The van der Waals surface area contributed by atoms with Crippen LogP contribution in [0.4, 0.5) is 0 Å². The Morgan fingerprint density at radius 2 is 0.400 bits per heavy atom. The summed E-state index contributed by atoms with van der Waals surface area (Å²) < 4.78 is 0. The minimum atomic E-state index is 0.716. The van der Waals surface area contributed by atoms with Crippen LogP contribution in [0.2, 0.25) is 0 Å². The van der Waals surface area contributed by atoms with E-state index in [0.717, 1.165) is 0 Å². The molecule has 0 aromatic rings. The van der Waals surface area contributed by atoms with Crippen molar-refractivity contribution in [3.8, 4) is 0 Å². The molecule has 0 aliphatic rings. The summed E-state index contributed by atoms with van der Waals surface area (Å²) in [4.78, 5) is 0. The van der Waals surface area contributed by atoms with E-state index in [1.807, 2.05) is 0 Å². The van der Waals surface area contributed by atoms with Crippen molar-refractivity contribution < 1.29 is 0 Å². The van der Waals surface area contributed by atoms with E-state index in [1.54, 1.807) is 0 Å². The van der Waals surface area contributed by atoms with Crippen LogP contribution >= 0.6 is 0 Å². The Labute approximate surface area is 257 Å². The number of hydrogen-bond donors (Lipinski definition) is 0. The predicted molar refractivity (Wildman–Crippen MR) is 186 cm³/mol. The fourth-order valence-electron chi connectivity index (χ4n) is 6.46. The standard InChI is InChI=1S/C40H81/c1-4-6-8-10-12-14-16-18-19-20-21-22-23-24-25-26-27-29-31-33-35-37-39-40(3)38-36-34-32-30-28-17-15-13-11-9-7-5-2/h40H,3-39H2,1-2H3. The Balaban J connectivity index is 3.12. The van der Waals surface area contributed by atoms with E-state index in [4.69, 9.17) is 0 Å². The van der Waals surface area contributed by atoms with Gasteiger partial charge in [-0.1, -0.05) is 252 Å². The quantitative estimate of drug-likeness (QED) is 0.0667. The summed E-state index contributed by atoms with van der Waals surface area (Å²) in [7, 11) is 0. The van der Waals surface area contributed by atoms with Gasteiger partial charge in [-0.25, -0.2) is 0 Å². The van der Waals surface area contributed by atoms with E-state index >= 15 is 0 Å². The third kappa shape index (κ3) is 36.0. The second kappa shape index (κ2) is 37.0. The van der Waals surface area contributed by atoms with Gasteiger partial charge in [0.15, 0.2) is 0 Å². The first-order chi connectivity index (χ1) is 19.8. The van der Waals surface area contributed by atoms with Crippen molar-refractivity contribution >= 4 is 0 Å². The molecule has 0 heterocycles. The van der Waals surface area contributed by atoms with E-state index in [9.17, 15) is 0 Å². The summed E-state index contributed by atoms with van der Waals surface area (Å²) in [5, 5.41) is 0. The average molecular weight is 562 g/mol. The minimum Gasteiger partial charge on any atom is -0.0654 e. The van der Waals surface area contributed by atoms with Crippen molar-refractivity contribution in [1.82, 2.24) is 0 Å².